The summed E-state index contributed by atoms with van der Waals surface area (Å²) in [5.41, 5.74) is 0. The maximum atomic E-state index is 11.5. The van der Waals surface area contributed by atoms with Gasteiger partial charge in [-0.2, -0.15) is 0 Å². The number of hydrogen-bond donors (Lipinski definition) is 0. The van der Waals surface area contributed by atoms with Crippen LogP contribution in [0.3, 0.4) is 0 Å². The van der Waals surface area contributed by atoms with Crippen LogP contribution in [0.4, 0.5) is 0 Å². The minimum atomic E-state index is -3.03. The van der Waals surface area contributed by atoms with Crippen LogP contribution in [0.15, 0.2) is 0 Å². The van der Waals surface area contributed by atoms with Crippen LogP contribution < -0.4 is 0 Å². The topological polar surface area (TPSA) is 40.6 Å². The highest BCUT2D eigenvalue weighted by Gasteiger charge is 2.39. The smallest absolute Gasteiger partial charge is 0.211 e. The van der Waals surface area contributed by atoms with Gasteiger partial charge in [0.05, 0.1) is 6.26 Å². The Morgan fingerprint density at radius 2 is 1.75 bits per heavy atom. The fraction of sp³-hybridized carbons (Fsp3) is 1.00. The summed E-state index contributed by atoms with van der Waals surface area (Å²) >= 11 is 0. The highest BCUT2D eigenvalue weighted by atomic mass is 35.5. The molecule has 1 heterocycles. The first kappa shape index (κ1) is 16.2. The Morgan fingerprint density at radius 3 is 2.00 bits per heavy atom. The quantitative estimate of drug-likeness (QED) is 0.765. The summed E-state index contributed by atoms with van der Waals surface area (Å²) in [4.78, 5) is 2.13. The molecule has 0 bridgehead atoms. The number of sulfonamides is 1. The molecule has 0 radical (unpaired) electrons. The molecule has 1 saturated heterocycles. The van der Waals surface area contributed by atoms with Crippen molar-refractivity contribution in [3.8, 4) is 0 Å². The van der Waals surface area contributed by atoms with Crippen LogP contribution in [-0.4, -0.2) is 57.1 Å². The fourth-order valence-electron chi connectivity index (χ4n) is 2.25. The zero-order chi connectivity index (χ0) is 11.8. The van der Waals surface area contributed by atoms with Gasteiger partial charge in [0, 0.05) is 19.1 Å². The van der Waals surface area contributed by atoms with Gasteiger partial charge >= 0.3 is 0 Å². The zero-order valence-corrected chi connectivity index (χ0v) is 12.3. The molecule has 1 rings (SSSR count). The molecule has 0 N–H and O–H groups in total. The molecule has 0 spiro atoms. The Balaban J connectivity index is 0.00000225. The largest absolute Gasteiger partial charge is 0.305 e. The van der Waals surface area contributed by atoms with Gasteiger partial charge in [-0.3, -0.25) is 0 Å². The molecular formula is C10H23ClN2O2S. The Bertz CT molecular complexity index is 301. The molecule has 0 aromatic rings. The SMILES string of the molecule is CC(C)[C@H]1CN(S(C)(=O)=O)C[C@@H]1N(C)C.Cl. The molecule has 0 amide bonds. The van der Waals surface area contributed by atoms with Crippen molar-refractivity contribution in [2.24, 2.45) is 11.8 Å². The summed E-state index contributed by atoms with van der Waals surface area (Å²) in [6, 6.07) is 0.347. The Morgan fingerprint density at radius 1 is 1.25 bits per heavy atom. The maximum Gasteiger partial charge on any atom is 0.211 e. The average Bonchev–Trinajstić information content (AvgIpc) is 2.45. The highest BCUT2D eigenvalue weighted by molar-refractivity contribution is 7.88. The van der Waals surface area contributed by atoms with Crippen molar-refractivity contribution in [2.75, 3.05) is 33.4 Å². The molecule has 16 heavy (non-hydrogen) atoms. The minimum absolute atomic E-state index is 0. The lowest BCUT2D eigenvalue weighted by Gasteiger charge is -2.27. The molecule has 1 fully saturated rings. The normalized spacial score (nSPS) is 27.4. The van der Waals surface area contributed by atoms with E-state index < -0.39 is 10.0 Å². The van der Waals surface area contributed by atoms with Gasteiger partial charge in [-0.25, -0.2) is 12.7 Å². The average molecular weight is 271 g/mol. The van der Waals surface area contributed by atoms with E-state index in [1.54, 1.807) is 4.31 Å². The number of hydrogen-bond acceptors (Lipinski definition) is 3. The highest BCUT2D eigenvalue weighted by Crippen LogP contribution is 2.28. The fourth-order valence-corrected chi connectivity index (χ4v) is 3.11. The van der Waals surface area contributed by atoms with E-state index in [4.69, 9.17) is 0 Å². The lowest BCUT2D eigenvalue weighted by molar-refractivity contribution is 0.216. The molecule has 4 nitrogen and oxygen atoms in total. The van der Waals surface area contributed by atoms with Gasteiger partial charge in [0.15, 0.2) is 0 Å². The van der Waals surface area contributed by atoms with E-state index in [2.05, 4.69) is 18.7 Å². The van der Waals surface area contributed by atoms with Crippen molar-refractivity contribution in [3.63, 3.8) is 0 Å². The Labute approximate surface area is 105 Å². The molecule has 98 valence electrons. The monoisotopic (exact) mass is 270 g/mol. The van der Waals surface area contributed by atoms with Gasteiger partial charge in [-0.15, -0.1) is 12.4 Å². The van der Waals surface area contributed by atoms with E-state index in [1.165, 1.54) is 6.26 Å². The predicted molar refractivity (Wildman–Crippen MR) is 69.5 cm³/mol. The van der Waals surface area contributed by atoms with Crippen molar-refractivity contribution < 1.29 is 8.42 Å². The lowest BCUT2D eigenvalue weighted by atomic mass is 9.91. The molecule has 6 heteroatoms. The zero-order valence-electron chi connectivity index (χ0n) is 10.7. The molecule has 0 aliphatic carbocycles. The Hall–Kier alpha value is 0.160. The van der Waals surface area contributed by atoms with E-state index in [0.717, 1.165) is 0 Å². The van der Waals surface area contributed by atoms with E-state index in [0.29, 0.717) is 31.0 Å². The van der Waals surface area contributed by atoms with Crippen molar-refractivity contribution in [2.45, 2.75) is 19.9 Å². The summed E-state index contributed by atoms with van der Waals surface area (Å²) in [6.07, 6.45) is 1.29. The number of rotatable bonds is 3. The molecular weight excluding hydrogens is 248 g/mol. The van der Waals surface area contributed by atoms with Crippen LogP contribution in [0, 0.1) is 11.8 Å². The van der Waals surface area contributed by atoms with Crippen LogP contribution >= 0.6 is 12.4 Å². The van der Waals surface area contributed by atoms with Crippen molar-refractivity contribution in [3.05, 3.63) is 0 Å². The standard InChI is InChI=1S/C10H22N2O2S.ClH/c1-8(2)9-6-12(15(5,13)14)7-10(9)11(3)4;/h8-10H,6-7H2,1-5H3;1H/t9-,10+;/m1./s1. The third-order valence-corrected chi connectivity index (χ3v) is 4.52. The molecule has 0 aromatic heterocycles. The van der Waals surface area contributed by atoms with Crippen LogP contribution in [0.25, 0.3) is 0 Å². The second kappa shape index (κ2) is 5.67. The Kier molecular flexibility index (Phi) is 5.72. The van der Waals surface area contributed by atoms with Crippen LogP contribution in [0.2, 0.25) is 0 Å². The van der Waals surface area contributed by atoms with E-state index in [-0.39, 0.29) is 12.4 Å². The second-order valence-electron chi connectivity index (χ2n) is 5.02. The first-order valence-electron chi connectivity index (χ1n) is 5.35. The second-order valence-corrected chi connectivity index (χ2v) is 7.00. The van der Waals surface area contributed by atoms with Gasteiger partial charge in [0.1, 0.15) is 0 Å². The summed E-state index contributed by atoms with van der Waals surface area (Å²) in [5, 5.41) is 0. The van der Waals surface area contributed by atoms with E-state index in [9.17, 15) is 8.42 Å². The number of likely N-dealkylation sites (N-methyl/N-ethyl adjacent to an activating group) is 1. The predicted octanol–water partition coefficient (Wildman–Crippen LogP) is 0.886. The molecule has 0 aromatic carbocycles. The first-order chi connectivity index (χ1) is 6.73. The van der Waals surface area contributed by atoms with Crippen LogP contribution in [0.5, 0.6) is 0 Å². The van der Waals surface area contributed by atoms with Crippen LogP contribution in [-0.2, 0) is 10.0 Å². The molecule has 0 saturated carbocycles. The molecule has 2 atom stereocenters. The third kappa shape index (κ3) is 3.58. The van der Waals surface area contributed by atoms with Gasteiger partial charge in [0.2, 0.25) is 10.0 Å². The van der Waals surface area contributed by atoms with Gasteiger partial charge in [-0.05, 0) is 25.9 Å². The lowest BCUT2D eigenvalue weighted by Crippen LogP contribution is -2.37. The summed E-state index contributed by atoms with van der Waals surface area (Å²) in [7, 11) is 1.01. The first-order valence-corrected chi connectivity index (χ1v) is 7.20. The number of halogens is 1. The summed E-state index contributed by atoms with van der Waals surface area (Å²) in [6.45, 7) is 5.62. The molecule has 1 aliphatic heterocycles. The van der Waals surface area contributed by atoms with Crippen molar-refractivity contribution >= 4 is 22.4 Å². The van der Waals surface area contributed by atoms with Gasteiger partial charge < -0.3 is 4.90 Å². The molecule has 0 unspecified atom stereocenters. The molecule has 1 aliphatic rings. The minimum Gasteiger partial charge on any atom is -0.305 e. The number of nitrogens with zero attached hydrogens (tertiary/aromatic N) is 2. The third-order valence-electron chi connectivity index (χ3n) is 3.29. The van der Waals surface area contributed by atoms with Gasteiger partial charge in [-0.1, -0.05) is 13.8 Å². The van der Waals surface area contributed by atoms with E-state index >= 15 is 0 Å². The summed E-state index contributed by atoms with van der Waals surface area (Å²) in [5.74, 6) is 0.957. The van der Waals surface area contributed by atoms with Crippen molar-refractivity contribution in [1.82, 2.24) is 9.21 Å². The summed E-state index contributed by atoms with van der Waals surface area (Å²) < 4.78 is 24.6. The van der Waals surface area contributed by atoms with Crippen LogP contribution in [0.1, 0.15) is 13.8 Å². The van der Waals surface area contributed by atoms with E-state index in [1.807, 2.05) is 14.1 Å². The van der Waals surface area contributed by atoms with Gasteiger partial charge in [0.25, 0.3) is 0 Å². The van der Waals surface area contributed by atoms with Crippen molar-refractivity contribution in [1.29, 1.82) is 0 Å². The maximum absolute atomic E-state index is 11.5.